The molecule has 10 heteroatoms. The first-order chi connectivity index (χ1) is 11.5. The molecule has 0 saturated carbocycles. The number of amides is 2. The number of alkyl halides is 3. The van der Waals surface area contributed by atoms with Gasteiger partial charge in [-0.3, -0.25) is 14.6 Å². The van der Waals surface area contributed by atoms with Gasteiger partial charge in [0.05, 0.1) is 0 Å². The van der Waals surface area contributed by atoms with Crippen molar-refractivity contribution in [3.63, 3.8) is 0 Å². The number of halogens is 3. The second kappa shape index (κ2) is 6.94. The Morgan fingerprint density at radius 1 is 1.48 bits per heavy atom. The largest absolute Gasteiger partial charge is 0.417 e. The maximum Gasteiger partial charge on any atom is 0.417 e. The predicted octanol–water partition coefficient (Wildman–Crippen LogP) is 1.82. The molecule has 6 nitrogen and oxygen atoms in total. The predicted molar refractivity (Wildman–Crippen MR) is 84.0 cm³/mol. The third-order valence-electron chi connectivity index (χ3n) is 4.43. The summed E-state index contributed by atoms with van der Waals surface area (Å²) in [6, 6.07) is 2.64. The van der Waals surface area contributed by atoms with Crippen LogP contribution in [-0.2, 0) is 9.53 Å². The number of nitrogens with one attached hydrogen (secondary N) is 1. The number of hydrogen-bond donors (Lipinski definition) is 2. The summed E-state index contributed by atoms with van der Waals surface area (Å²) in [6.45, 7) is 2.58. The van der Waals surface area contributed by atoms with Crippen LogP contribution >= 0.6 is 0 Å². The van der Waals surface area contributed by atoms with E-state index < -0.39 is 40.4 Å². The fraction of sp³-hybridized carbons (Fsp3) is 0.533. The Hall–Kier alpha value is -1.63. The fourth-order valence-corrected chi connectivity index (χ4v) is 3.92. The van der Waals surface area contributed by atoms with Crippen LogP contribution in [0.15, 0.2) is 18.3 Å². The minimum Gasteiger partial charge on any atom is -0.364 e. The molecule has 2 rings (SSSR count). The number of nitrogens with two attached hydrogens (primary N) is 1. The quantitative estimate of drug-likeness (QED) is 0.790. The number of anilines is 1. The second-order valence-electron chi connectivity index (χ2n) is 6.02. The van der Waals surface area contributed by atoms with Crippen molar-refractivity contribution in [2.24, 2.45) is 11.7 Å². The first-order valence-electron chi connectivity index (χ1n) is 7.58. The van der Waals surface area contributed by atoms with Gasteiger partial charge in [-0.05, 0) is 25.0 Å². The summed E-state index contributed by atoms with van der Waals surface area (Å²) >= 11 is 2.28. The van der Waals surface area contributed by atoms with Gasteiger partial charge in [-0.2, -0.15) is 13.2 Å². The lowest BCUT2D eigenvalue weighted by Gasteiger charge is -2.33. The first-order valence-corrected chi connectivity index (χ1v) is 8.24. The van der Waals surface area contributed by atoms with Crippen LogP contribution < -0.4 is 11.1 Å². The van der Waals surface area contributed by atoms with E-state index in [9.17, 15) is 22.8 Å². The molecule has 0 aromatic carbocycles. The molecule has 2 heterocycles. The molecule has 0 bridgehead atoms. The molecule has 0 spiro atoms. The van der Waals surface area contributed by atoms with Gasteiger partial charge >= 0.3 is 6.18 Å². The fourth-order valence-electron chi connectivity index (χ4n) is 3.03. The third-order valence-corrected chi connectivity index (χ3v) is 5.25. The van der Waals surface area contributed by atoms with Crippen LogP contribution in [-0.4, -0.2) is 51.0 Å². The molecule has 1 fully saturated rings. The molecule has 2 amide bonds. The normalized spacial score (nSPS) is 29.4. The van der Waals surface area contributed by atoms with E-state index >= 15 is 0 Å². The number of hydrogen-bond acceptors (Lipinski definition) is 4. The summed E-state index contributed by atoms with van der Waals surface area (Å²) in [5, 5.41) is 2.45. The molecule has 134 valence electrons. The highest BCUT2D eigenvalue weighted by atomic mass is 27.0. The lowest BCUT2D eigenvalue weighted by molar-refractivity contribution is -0.273. The lowest BCUT2D eigenvalue weighted by Crippen LogP contribution is -2.48. The maximum absolute atomic E-state index is 13.4. The van der Waals surface area contributed by atoms with Gasteiger partial charge in [0.2, 0.25) is 0 Å². The SMILES string of the molecule is CC[C@H]1[C@@H]([Al])C(C(=O)Nc2ccnc(C(N)=O)c2)O[C@@]1(C)C(F)(F)F. The van der Waals surface area contributed by atoms with Gasteiger partial charge in [0, 0.05) is 11.9 Å². The van der Waals surface area contributed by atoms with Gasteiger partial charge < -0.3 is 15.8 Å². The van der Waals surface area contributed by atoms with Gasteiger partial charge in [0.15, 0.2) is 5.60 Å². The van der Waals surface area contributed by atoms with Crippen molar-refractivity contribution in [2.75, 3.05) is 5.32 Å². The van der Waals surface area contributed by atoms with E-state index in [4.69, 9.17) is 10.5 Å². The Morgan fingerprint density at radius 2 is 2.12 bits per heavy atom. The molecule has 1 saturated heterocycles. The number of aromatic nitrogens is 1. The lowest BCUT2D eigenvalue weighted by atomic mass is 9.85. The Kier molecular flexibility index (Phi) is 5.47. The molecule has 2 radical (unpaired) electrons. The average molecular weight is 371 g/mol. The van der Waals surface area contributed by atoms with Crippen molar-refractivity contribution in [3.8, 4) is 0 Å². The van der Waals surface area contributed by atoms with Gasteiger partial charge in [-0.15, -0.1) is 0 Å². The molecule has 4 atom stereocenters. The topological polar surface area (TPSA) is 94.3 Å². The summed E-state index contributed by atoms with van der Waals surface area (Å²) in [7, 11) is 0. The van der Waals surface area contributed by atoms with Crippen LogP contribution in [0.25, 0.3) is 0 Å². The molecule has 1 unspecified atom stereocenters. The Bertz CT molecular complexity index is 685. The number of pyridine rings is 1. The van der Waals surface area contributed by atoms with Crippen molar-refractivity contribution in [2.45, 2.75) is 42.9 Å². The summed E-state index contributed by atoms with van der Waals surface area (Å²) in [6.07, 6.45) is -4.44. The first kappa shape index (κ1) is 19.7. The van der Waals surface area contributed by atoms with Crippen LogP contribution in [0.3, 0.4) is 0 Å². The molecule has 0 aliphatic carbocycles. The second-order valence-corrected chi connectivity index (χ2v) is 6.79. The van der Waals surface area contributed by atoms with Crippen molar-refractivity contribution in [1.82, 2.24) is 4.98 Å². The van der Waals surface area contributed by atoms with E-state index in [-0.39, 0.29) is 17.8 Å². The van der Waals surface area contributed by atoms with E-state index in [1.807, 2.05) is 0 Å². The Morgan fingerprint density at radius 3 is 2.60 bits per heavy atom. The smallest absolute Gasteiger partial charge is 0.364 e. The van der Waals surface area contributed by atoms with E-state index in [1.165, 1.54) is 18.3 Å². The zero-order valence-corrected chi connectivity index (χ0v) is 14.8. The highest BCUT2D eigenvalue weighted by molar-refractivity contribution is 6.16. The van der Waals surface area contributed by atoms with Gasteiger partial charge in [0.25, 0.3) is 11.8 Å². The highest BCUT2D eigenvalue weighted by Crippen LogP contribution is 2.52. The molecule has 25 heavy (non-hydrogen) atoms. The van der Waals surface area contributed by atoms with Crippen LogP contribution in [0, 0.1) is 5.92 Å². The molecule has 1 aromatic rings. The van der Waals surface area contributed by atoms with E-state index in [0.29, 0.717) is 0 Å². The Balaban J connectivity index is 2.22. The number of nitrogens with zero attached hydrogens (tertiary/aromatic N) is 1. The molecule has 1 aliphatic heterocycles. The van der Waals surface area contributed by atoms with Crippen LogP contribution in [0.2, 0.25) is 4.78 Å². The number of primary amides is 1. The average Bonchev–Trinajstić information content (AvgIpc) is 2.79. The van der Waals surface area contributed by atoms with Crippen molar-refractivity contribution < 1.29 is 27.5 Å². The summed E-state index contributed by atoms with van der Waals surface area (Å²) in [4.78, 5) is 27.3. The van der Waals surface area contributed by atoms with Crippen LogP contribution in [0.4, 0.5) is 18.9 Å². The highest BCUT2D eigenvalue weighted by Gasteiger charge is 2.64. The molecule has 1 aliphatic rings. The van der Waals surface area contributed by atoms with E-state index in [2.05, 4.69) is 26.6 Å². The summed E-state index contributed by atoms with van der Waals surface area (Å²) in [5.74, 6) is -2.40. The number of ether oxygens (including phenoxy) is 1. The molecule has 1 aromatic heterocycles. The van der Waals surface area contributed by atoms with Gasteiger partial charge in [-0.1, -0.05) is 18.1 Å². The summed E-state index contributed by atoms with van der Waals surface area (Å²) in [5.41, 5.74) is 2.83. The Labute approximate surface area is 150 Å². The van der Waals surface area contributed by atoms with Crippen LogP contribution in [0.1, 0.15) is 30.8 Å². The summed E-state index contributed by atoms with van der Waals surface area (Å²) < 4.78 is 44.8. The third kappa shape index (κ3) is 3.66. The monoisotopic (exact) mass is 371 g/mol. The van der Waals surface area contributed by atoms with Crippen LogP contribution in [0.5, 0.6) is 0 Å². The number of rotatable bonds is 4. The number of carbonyl (C=O) groups excluding carboxylic acids is 2. The maximum atomic E-state index is 13.4. The molecular weight excluding hydrogens is 354 g/mol. The van der Waals surface area contributed by atoms with Gasteiger partial charge in [-0.25, -0.2) is 0 Å². The minimum absolute atomic E-state index is 0.0703. The van der Waals surface area contributed by atoms with Gasteiger partial charge in [0.1, 0.15) is 28.1 Å². The van der Waals surface area contributed by atoms with Crippen molar-refractivity contribution in [3.05, 3.63) is 24.0 Å². The van der Waals surface area contributed by atoms with E-state index in [0.717, 1.165) is 6.92 Å². The molecule has 3 N–H and O–H groups in total. The minimum atomic E-state index is -4.60. The zero-order chi connectivity index (χ0) is 19.0. The number of carbonyl (C=O) groups is 2. The van der Waals surface area contributed by atoms with E-state index in [1.54, 1.807) is 6.92 Å². The van der Waals surface area contributed by atoms with Crippen molar-refractivity contribution >= 4 is 33.8 Å². The molecular formula is C15H17AlF3N3O3. The standard InChI is InChI=1S/C15H17F3N3O3.Al/c1-3-8-6-11(24-14(8,2)15(16,17)18)13(23)21-9-4-5-20-10(7-9)12(19)22;/h4-8,11H,3H2,1-2H3,(H2,19,22)(H,20,21,23);/t8-,11?,14+;/m0./s1. The van der Waals surface area contributed by atoms with Crippen molar-refractivity contribution in [1.29, 1.82) is 0 Å². The zero-order valence-electron chi connectivity index (χ0n) is 13.6.